The highest BCUT2D eigenvalue weighted by molar-refractivity contribution is 5.63. The Morgan fingerprint density at radius 1 is 0.710 bits per heavy atom. The van der Waals surface area contributed by atoms with Crippen molar-refractivity contribution in [1.82, 2.24) is 24.5 Å². The average molecular weight is 420 g/mol. The van der Waals surface area contributed by atoms with E-state index < -0.39 is 0 Å². The second-order valence-electron chi connectivity index (χ2n) is 9.19. The summed E-state index contributed by atoms with van der Waals surface area (Å²) in [6.45, 7) is 2.92. The molecule has 0 bridgehead atoms. The Balaban J connectivity index is 1.83. The fourth-order valence-electron chi connectivity index (χ4n) is 3.79. The highest BCUT2D eigenvalue weighted by atomic mass is 15.3. The van der Waals surface area contributed by atoms with E-state index in [0.717, 1.165) is 37.4 Å². The highest BCUT2D eigenvalue weighted by Gasteiger charge is 2.13. The predicted molar refractivity (Wildman–Crippen MR) is 131 cm³/mol. The molecular weight excluding hydrogens is 382 g/mol. The van der Waals surface area contributed by atoms with Crippen molar-refractivity contribution in [3.05, 3.63) is 71.4 Å². The second kappa shape index (κ2) is 10.7. The van der Waals surface area contributed by atoms with Crippen molar-refractivity contribution >= 4 is 0 Å². The maximum atomic E-state index is 4.98. The topological polar surface area (TPSA) is 27.5 Å². The van der Waals surface area contributed by atoms with E-state index in [2.05, 4.69) is 112 Å². The zero-order valence-electron chi connectivity index (χ0n) is 20.0. The number of hydrogen-bond donors (Lipinski definition) is 0. The molecule has 1 aromatic heterocycles. The fraction of sp³-hybridized carbons (Fsp3) is 0.423. The maximum Gasteiger partial charge on any atom is 0.0972 e. The van der Waals surface area contributed by atoms with Crippen molar-refractivity contribution in [1.29, 1.82) is 0 Å². The van der Waals surface area contributed by atoms with Crippen LogP contribution in [0.3, 0.4) is 0 Å². The average Bonchev–Trinajstić information content (AvgIpc) is 3.11. The minimum absolute atomic E-state index is 0.860. The minimum atomic E-state index is 0.860. The molecule has 2 aromatic carbocycles. The van der Waals surface area contributed by atoms with Gasteiger partial charge in [0.25, 0.3) is 0 Å². The molecule has 5 heteroatoms. The van der Waals surface area contributed by atoms with Crippen LogP contribution in [0.1, 0.15) is 23.1 Å². The molecule has 3 aromatic rings. The van der Waals surface area contributed by atoms with Gasteiger partial charge in [0.05, 0.1) is 11.4 Å². The first-order chi connectivity index (χ1) is 14.8. The molecule has 1 heterocycles. The van der Waals surface area contributed by atoms with Crippen LogP contribution in [-0.4, -0.2) is 73.3 Å². The van der Waals surface area contributed by atoms with E-state index in [1.807, 2.05) is 4.68 Å². The van der Waals surface area contributed by atoms with Gasteiger partial charge in [-0.25, -0.2) is 4.68 Å². The van der Waals surface area contributed by atoms with Crippen molar-refractivity contribution in [3.8, 4) is 16.9 Å². The van der Waals surface area contributed by atoms with Gasteiger partial charge in [-0.05, 0) is 84.9 Å². The Labute approximate surface area is 187 Å². The van der Waals surface area contributed by atoms with Crippen LogP contribution in [0.15, 0.2) is 54.7 Å². The number of rotatable bonds is 10. The van der Waals surface area contributed by atoms with Crippen LogP contribution < -0.4 is 0 Å². The predicted octanol–water partition coefficient (Wildman–Crippen LogP) is 4.16. The normalized spacial score (nSPS) is 11.8. The van der Waals surface area contributed by atoms with E-state index in [4.69, 9.17) is 5.10 Å². The molecule has 0 aliphatic carbocycles. The molecule has 5 nitrogen and oxygen atoms in total. The molecule has 0 unspecified atom stereocenters. The van der Waals surface area contributed by atoms with Gasteiger partial charge in [0, 0.05) is 30.4 Å². The van der Waals surface area contributed by atoms with Crippen molar-refractivity contribution < 1.29 is 0 Å². The van der Waals surface area contributed by atoms with E-state index in [0.29, 0.717) is 0 Å². The fourth-order valence-corrected chi connectivity index (χ4v) is 3.79. The number of benzene rings is 2. The Hall–Kier alpha value is -2.47. The summed E-state index contributed by atoms with van der Waals surface area (Å²) in [6.07, 6.45) is 4.45. The number of aromatic nitrogens is 2. The van der Waals surface area contributed by atoms with Gasteiger partial charge in [0.2, 0.25) is 0 Å². The van der Waals surface area contributed by atoms with Crippen LogP contribution in [-0.2, 0) is 19.5 Å². The molecule has 0 amide bonds. The third-order valence-electron chi connectivity index (χ3n) is 5.27. The zero-order chi connectivity index (χ0) is 22.4. The van der Waals surface area contributed by atoms with Gasteiger partial charge in [0.1, 0.15) is 0 Å². The van der Waals surface area contributed by atoms with Crippen LogP contribution in [0.25, 0.3) is 16.9 Å². The first-order valence-electron chi connectivity index (χ1n) is 11.0. The highest BCUT2D eigenvalue weighted by Crippen LogP contribution is 2.25. The van der Waals surface area contributed by atoms with E-state index in [1.165, 1.54) is 28.7 Å². The molecule has 0 radical (unpaired) electrons. The molecule has 0 atom stereocenters. The van der Waals surface area contributed by atoms with Crippen molar-refractivity contribution in [2.75, 3.05) is 48.8 Å². The summed E-state index contributed by atoms with van der Waals surface area (Å²) in [7, 11) is 12.6. The lowest BCUT2D eigenvalue weighted by molar-refractivity contribution is 0.400. The van der Waals surface area contributed by atoms with Crippen LogP contribution >= 0.6 is 0 Å². The molecule has 0 aliphatic rings. The molecule has 0 N–H and O–H groups in total. The first kappa shape index (κ1) is 23.2. The lowest BCUT2D eigenvalue weighted by Gasteiger charge is -2.10. The lowest BCUT2D eigenvalue weighted by Crippen LogP contribution is -2.13. The summed E-state index contributed by atoms with van der Waals surface area (Å²) in [5.41, 5.74) is 7.26. The monoisotopic (exact) mass is 419 g/mol. The van der Waals surface area contributed by atoms with Gasteiger partial charge >= 0.3 is 0 Å². The van der Waals surface area contributed by atoms with Crippen molar-refractivity contribution in [2.45, 2.75) is 25.9 Å². The van der Waals surface area contributed by atoms with E-state index in [9.17, 15) is 0 Å². The zero-order valence-corrected chi connectivity index (χ0v) is 20.0. The van der Waals surface area contributed by atoms with Crippen LogP contribution in [0.4, 0.5) is 0 Å². The van der Waals surface area contributed by atoms with Gasteiger partial charge < -0.3 is 14.7 Å². The van der Waals surface area contributed by atoms with E-state index in [-0.39, 0.29) is 0 Å². The quantitative estimate of drug-likeness (QED) is 0.493. The van der Waals surface area contributed by atoms with Crippen LogP contribution in [0, 0.1) is 0 Å². The Kier molecular flexibility index (Phi) is 8.02. The molecule has 0 saturated heterocycles. The smallest absolute Gasteiger partial charge is 0.0972 e. The molecule has 0 saturated carbocycles. The Morgan fingerprint density at radius 2 is 1.32 bits per heavy atom. The SMILES string of the molecule is CN(C)CCCc1ccc(-c2nn(-c3ccc(CN(C)C)cc3)cc2CN(C)C)cc1. The van der Waals surface area contributed by atoms with Crippen LogP contribution in [0.2, 0.25) is 0 Å². The first-order valence-corrected chi connectivity index (χ1v) is 11.0. The number of aryl methyl sites for hydroxylation is 1. The summed E-state index contributed by atoms with van der Waals surface area (Å²) < 4.78 is 2.01. The molecule has 0 fully saturated rings. The van der Waals surface area contributed by atoms with Crippen molar-refractivity contribution in [2.24, 2.45) is 0 Å². The maximum absolute atomic E-state index is 4.98. The molecule has 31 heavy (non-hydrogen) atoms. The summed E-state index contributed by atoms with van der Waals surface area (Å²) >= 11 is 0. The summed E-state index contributed by atoms with van der Waals surface area (Å²) in [5.74, 6) is 0. The molecule has 3 rings (SSSR count). The Morgan fingerprint density at radius 3 is 1.90 bits per heavy atom. The third kappa shape index (κ3) is 6.76. The largest absolute Gasteiger partial charge is 0.309 e. The number of hydrogen-bond acceptors (Lipinski definition) is 4. The second-order valence-corrected chi connectivity index (χ2v) is 9.19. The Bertz CT molecular complexity index is 937. The standard InChI is InChI=1S/C26H37N5/c1-28(2)17-7-8-21-9-13-23(14-10-21)26-24(19-30(5)6)20-31(27-26)25-15-11-22(12-16-25)18-29(3)4/h9-16,20H,7-8,17-19H2,1-6H3. The van der Waals surface area contributed by atoms with Gasteiger partial charge in [-0.15, -0.1) is 0 Å². The van der Waals surface area contributed by atoms with Crippen LogP contribution in [0.5, 0.6) is 0 Å². The molecule has 0 aliphatic heterocycles. The van der Waals surface area contributed by atoms with Crippen molar-refractivity contribution in [3.63, 3.8) is 0 Å². The number of nitrogens with zero attached hydrogens (tertiary/aromatic N) is 5. The molecular formula is C26H37N5. The lowest BCUT2D eigenvalue weighted by atomic mass is 10.0. The summed E-state index contributed by atoms with van der Waals surface area (Å²) in [5, 5.41) is 4.98. The van der Waals surface area contributed by atoms with Gasteiger partial charge in [0.15, 0.2) is 0 Å². The van der Waals surface area contributed by atoms with E-state index >= 15 is 0 Å². The summed E-state index contributed by atoms with van der Waals surface area (Å²) in [6, 6.07) is 17.6. The minimum Gasteiger partial charge on any atom is -0.309 e. The van der Waals surface area contributed by atoms with Gasteiger partial charge in [-0.1, -0.05) is 36.4 Å². The van der Waals surface area contributed by atoms with E-state index in [1.54, 1.807) is 0 Å². The van der Waals surface area contributed by atoms with Gasteiger partial charge in [-0.3, -0.25) is 0 Å². The molecule has 0 spiro atoms. The molecule has 166 valence electrons. The summed E-state index contributed by atoms with van der Waals surface area (Å²) in [4.78, 5) is 6.61. The van der Waals surface area contributed by atoms with Gasteiger partial charge in [-0.2, -0.15) is 5.10 Å². The third-order valence-corrected chi connectivity index (χ3v) is 5.27.